The van der Waals surface area contributed by atoms with Crippen molar-refractivity contribution in [1.29, 1.82) is 0 Å². The highest BCUT2D eigenvalue weighted by Gasteiger charge is 2.30. The first-order valence-corrected chi connectivity index (χ1v) is 11.8. The van der Waals surface area contributed by atoms with Crippen LogP contribution in [0, 0.1) is 5.92 Å². The van der Waals surface area contributed by atoms with Crippen molar-refractivity contribution in [2.75, 3.05) is 31.6 Å². The second-order valence-corrected chi connectivity index (χ2v) is 9.07. The van der Waals surface area contributed by atoms with Crippen LogP contribution >= 0.6 is 0 Å². The number of aromatic nitrogens is 1. The van der Waals surface area contributed by atoms with Gasteiger partial charge in [0.15, 0.2) is 0 Å². The summed E-state index contributed by atoms with van der Waals surface area (Å²) >= 11 is 0. The molecule has 1 aromatic rings. The number of hydrogen-bond donors (Lipinski definition) is 4. The Kier molecular flexibility index (Phi) is 7.81. The number of nitrogens with one attached hydrogen (secondary N) is 3. The highest BCUT2D eigenvalue weighted by Crippen LogP contribution is 2.34. The molecule has 32 heavy (non-hydrogen) atoms. The molecule has 4 rings (SSSR count). The number of fused-ring (bicyclic) bond motifs is 1. The summed E-state index contributed by atoms with van der Waals surface area (Å²) in [6, 6.07) is 3.52. The number of hydrogen-bond acceptors (Lipinski definition) is 7. The zero-order chi connectivity index (χ0) is 22.3. The van der Waals surface area contributed by atoms with Crippen LogP contribution in [-0.4, -0.2) is 66.6 Å². The number of carbonyl (C=O) groups excluding carboxylic acids is 1. The molecule has 9 heteroatoms. The van der Waals surface area contributed by atoms with Crippen LogP contribution in [0.3, 0.4) is 0 Å². The number of amides is 1. The number of rotatable bonds is 11. The molecule has 176 valence electrons. The molecule has 2 atom stereocenters. The van der Waals surface area contributed by atoms with E-state index in [1.807, 2.05) is 0 Å². The number of nitrogens with zero attached hydrogens (tertiary/aromatic N) is 1. The SMILES string of the molecule is O=C(NC(CCOC1CC(CCc2ccc3c(n2)NCCC3)C1)C(=O)O)OCC1CCN1. The van der Waals surface area contributed by atoms with E-state index in [1.54, 1.807) is 0 Å². The Morgan fingerprint density at radius 3 is 2.88 bits per heavy atom. The lowest BCUT2D eigenvalue weighted by atomic mass is 9.79. The second kappa shape index (κ2) is 11.0. The maximum Gasteiger partial charge on any atom is 0.407 e. The molecule has 2 fully saturated rings. The zero-order valence-electron chi connectivity index (χ0n) is 18.5. The van der Waals surface area contributed by atoms with Crippen LogP contribution in [0.1, 0.15) is 49.8 Å². The first-order chi connectivity index (χ1) is 15.6. The molecule has 1 aromatic heterocycles. The van der Waals surface area contributed by atoms with Crippen molar-refractivity contribution in [3.8, 4) is 0 Å². The van der Waals surface area contributed by atoms with Crippen molar-refractivity contribution in [2.45, 2.75) is 69.6 Å². The van der Waals surface area contributed by atoms with Crippen LogP contribution in [0.25, 0.3) is 0 Å². The average molecular weight is 447 g/mol. The molecule has 1 amide bonds. The van der Waals surface area contributed by atoms with Gasteiger partial charge in [-0.2, -0.15) is 0 Å². The lowest BCUT2D eigenvalue weighted by Crippen LogP contribution is -2.48. The molecule has 0 spiro atoms. The monoisotopic (exact) mass is 446 g/mol. The summed E-state index contributed by atoms with van der Waals surface area (Å²) in [5, 5.41) is 18.3. The van der Waals surface area contributed by atoms with E-state index in [4.69, 9.17) is 14.5 Å². The molecular weight excluding hydrogens is 412 g/mol. The number of aliphatic carboxylic acids is 1. The largest absolute Gasteiger partial charge is 0.480 e. The van der Waals surface area contributed by atoms with E-state index in [-0.39, 0.29) is 25.2 Å². The highest BCUT2D eigenvalue weighted by atomic mass is 16.5. The molecule has 0 aromatic carbocycles. The van der Waals surface area contributed by atoms with Crippen molar-refractivity contribution in [3.63, 3.8) is 0 Å². The van der Waals surface area contributed by atoms with Crippen molar-refractivity contribution in [2.24, 2.45) is 5.92 Å². The van der Waals surface area contributed by atoms with Crippen molar-refractivity contribution in [1.82, 2.24) is 15.6 Å². The fourth-order valence-electron chi connectivity index (χ4n) is 4.37. The summed E-state index contributed by atoms with van der Waals surface area (Å²) in [4.78, 5) is 28.0. The fraction of sp³-hybridized carbons (Fsp3) is 0.696. The first-order valence-electron chi connectivity index (χ1n) is 11.8. The predicted octanol–water partition coefficient (Wildman–Crippen LogP) is 2.10. The van der Waals surface area contributed by atoms with Gasteiger partial charge < -0.3 is 30.5 Å². The summed E-state index contributed by atoms with van der Waals surface area (Å²) < 4.78 is 10.9. The molecule has 2 aliphatic heterocycles. The summed E-state index contributed by atoms with van der Waals surface area (Å²) in [5.41, 5.74) is 2.45. The smallest absolute Gasteiger partial charge is 0.407 e. The Morgan fingerprint density at radius 2 is 2.12 bits per heavy atom. The van der Waals surface area contributed by atoms with E-state index in [9.17, 15) is 14.7 Å². The quantitative estimate of drug-likeness (QED) is 0.408. The van der Waals surface area contributed by atoms with Crippen LogP contribution in [0.4, 0.5) is 10.6 Å². The number of alkyl carbamates (subject to hydrolysis) is 1. The molecule has 1 aliphatic carbocycles. The molecule has 1 saturated carbocycles. The minimum Gasteiger partial charge on any atom is -0.480 e. The third-order valence-electron chi connectivity index (χ3n) is 6.64. The van der Waals surface area contributed by atoms with Crippen LogP contribution in [0.5, 0.6) is 0 Å². The van der Waals surface area contributed by atoms with E-state index in [1.165, 1.54) is 12.0 Å². The molecule has 3 heterocycles. The Labute approximate surface area is 188 Å². The van der Waals surface area contributed by atoms with Crippen LogP contribution in [0.2, 0.25) is 0 Å². The highest BCUT2D eigenvalue weighted by molar-refractivity contribution is 5.79. The lowest BCUT2D eigenvalue weighted by Gasteiger charge is -2.35. The molecule has 9 nitrogen and oxygen atoms in total. The fourth-order valence-corrected chi connectivity index (χ4v) is 4.37. The molecular formula is C23H34N4O5. The van der Waals surface area contributed by atoms with Gasteiger partial charge in [0.05, 0.1) is 6.10 Å². The van der Waals surface area contributed by atoms with Gasteiger partial charge in [0, 0.05) is 31.3 Å². The molecule has 4 N–H and O–H groups in total. The minimum atomic E-state index is -1.08. The number of aryl methyl sites for hydroxylation is 2. The van der Waals surface area contributed by atoms with Gasteiger partial charge in [-0.25, -0.2) is 14.6 Å². The topological polar surface area (TPSA) is 122 Å². The third-order valence-corrected chi connectivity index (χ3v) is 6.64. The standard InChI is InChI=1S/C23H34N4O5/c28-22(29)20(27-23(30)32-14-18-7-10-24-18)8-11-31-19-12-15(13-19)3-5-17-6-4-16-2-1-9-25-21(16)26-17/h4,6,15,18-20,24H,1-3,5,7-14H2,(H,25,26)(H,27,30)(H,28,29). The van der Waals surface area contributed by atoms with Gasteiger partial charge >= 0.3 is 12.1 Å². The Hall–Kier alpha value is -2.39. The third kappa shape index (κ3) is 6.32. The molecule has 3 aliphatic rings. The van der Waals surface area contributed by atoms with Gasteiger partial charge in [-0.15, -0.1) is 0 Å². The van der Waals surface area contributed by atoms with E-state index >= 15 is 0 Å². The lowest BCUT2D eigenvalue weighted by molar-refractivity contribution is -0.140. The molecule has 0 bridgehead atoms. The summed E-state index contributed by atoms with van der Waals surface area (Å²) in [7, 11) is 0. The van der Waals surface area contributed by atoms with Gasteiger partial charge in [-0.1, -0.05) is 6.07 Å². The normalized spacial score (nSPS) is 24.8. The van der Waals surface area contributed by atoms with Crippen molar-refractivity contribution >= 4 is 17.9 Å². The maximum atomic E-state index is 11.8. The van der Waals surface area contributed by atoms with E-state index in [0.29, 0.717) is 12.5 Å². The Morgan fingerprint density at radius 1 is 1.28 bits per heavy atom. The summed E-state index contributed by atoms with van der Waals surface area (Å²) in [6.45, 7) is 2.49. The number of carbonyl (C=O) groups is 2. The number of carboxylic acid groups (broad SMARTS) is 1. The van der Waals surface area contributed by atoms with Crippen molar-refractivity contribution in [3.05, 3.63) is 23.4 Å². The number of ether oxygens (including phenoxy) is 2. The zero-order valence-corrected chi connectivity index (χ0v) is 18.5. The molecule has 2 unspecified atom stereocenters. The maximum absolute atomic E-state index is 11.8. The average Bonchev–Trinajstić information content (AvgIpc) is 2.72. The van der Waals surface area contributed by atoms with Crippen LogP contribution in [0.15, 0.2) is 12.1 Å². The van der Waals surface area contributed by atoms with Crippen molar-refractivity contribution < 1.29 is 24.2 Å². The number of pyridine rings is 1. The molecule has 1 saturated heterocycles. The van der Waals surface area contributed by atoms with Crippen LogP contribution < -0.4 is 16.0 Å². The summed E-state index contributed by atoms with van der Waals surface area (Å²) in [6.07, 6.45) is 6.98. The van der Waals surface area contributed by atoms with Gasteiger partial charge in [0.2, 0.25) is 0 Å². The Bertz CT molecular complexity index is 795. The van der Waals surface area contributed by atoms with E-state index in [2.05, 4.69) is 28.1 Å². The van der Waals surface area contributed by atoms with E-state index in [0.717, 1.165) is 63.1 Å². The van der Waals surface area contributed by atoms with Gasteiger partial charge in [0.25, 0.3) is 0 Å². The number of carboxylic acids is 1. The number of anilines is 1. The predicted molar refractivity (Wildman–Crippen MR) is 119 cm³/mol. The van der Waals surface area contributed by atoms with Gasteiger partial charge in [-0.3, -0.25) is 0 Å². The minimum absolute atomic E-state index is 0.171. The van der Waals surface area contributed by atoms with E-state index < -0.39 is 18.1 Å². The second-order valence-electron chi connectivity index (χ2n) is 9.07. The van der Waals surface area contributed by atoms with Gasteiger partial charge in [-0.05, 0) is 69.0 Å². The first kappa shape index (κ1) is 22.8. The molecule has 0 radical (unpaired) electrons. The van der Waals surface area contributed by atoms with Gasteiger partial charge in [0.1, 0.15) is 18.5 Å². The summed E-state index contributed by atoms with van der Waals surface area (Å²) in [5.74, 6) is 0.592. The Balaban J connectivity index is 1.08. The van der Waals surface area contributed by atoms with Crippen LogP contribution in [-0.2, 0) is 27.1 Å².